The van der Waals surface area contributed by atoms with Crippen LogP contribution in [0.2, 0.25) is 0 Å². The Morgan fingerprint density at radius 1 is 0.800 bits per heavy atom. The normalized spacial score (nSPS) is 43.3. The third-order valence-electron chi connectivity index (χ3n) is 15.4. The highest BCUT2D eigenvalue weighted by Gasteiger charge is 2.72. The molecule has 6 rings (SSSR count). The van der Waals surface area contributed by atoms with Crippen molar-refractivity contribution in [1.82, 2.24) is 0 Å². The molecule has 45 heavy (non-hydrogen) atoms. The number of carbonyl (C=O) groups is 2. The smallest absolute Gasteiger partial charge is 0.460 e. The lowest BCUT2D eigenvalue weighted by molar-refractivity contribution is -0.251. The number of fused-ring (bicyclic) bond motifs is 7. The van der Waals surface area contributed by atoms with Gasteiger partial charge in [0.1, 0.15) is 12.7 Å². The second kappa shape index (κ2) is 11.6. The van der Waals surface area contributed by atoms with Gasteiger partial charge in [-0.2, -0.15) is 0 Å². The summed E-state index contributed by atoms with van der Waals surface area (Å²) in [6.07, 6.45) is 10.4. The highest BCUT2D eigenvalue weighted by atomic mass is 16.7. The molecule has 5 fully saturated rings. The van der Waals surface area contributed by atoms with Crippen molar-refractivity contribution in [3.05, 3.63) is 35.9 Å². The van der Waals surface area contributed by atoms with Crippen LogP contribution < -0.4 is 0 Å². The van der Waals surface area contributed by atoms with Gasteiger partial charge in [0, 0.05) is 5.41 Å². The van der Waals surface area contributed by atoms with E-state index in [9.17, 15) is 9.59 Å². The summed E-state index contributed by atoms with van der Waals surface area (Å²) in [5, 5.41) is 0. The van der Waals surface area contributed by atoms with Gasteiger partial charge >= 0.3 is 12.1 Å². The zero-order valence-corrected chi connectivity index (χ0v) is 29.5. The van der Waals surface area contributed by atoms with E-state index in [0.717, 1.165) is 44.1 Å². The van der Waals surface area contributed by atoms with E-state index >= 15 is 0 Å². The van der Waals surface area contributed by atoms with Crippen LogP contribution in [0.3, 0.4) is 0 Å². The topological polar surface area (TPSA) is 61.8 Å². The fourth-order valence-corrected chi connectivity index (χ4v) is 13.1. The minimum Gasteiger partial charge on any atom is -0.460 e. The Balaban J connectivity index is 1.28. The fraction of sp³-hybridized carbons (Fsp3) is 0.800. The molecule has 5 nitrogen and oxygen atoms in total. The molecule has 0 bridgehead atoms. The molecule has 0 radical (unpaired) electrons. The van der Waals surface area contributed by atoms with Gasteiger partial charge in [-0.1, -0.05) is 78.8 Å². The fourth-order valence-electron chi connectivity index (χ4n) is 13.1. The van der Waals surface area contributed by atoms with Crippen LogP contribution in [0.4, 0.5) is 4.79 Å². The molecule has 0 aliphatic heterocycles. The van der Waals surface area contributed by atoms with Crippen molar-refractivity contribution in [2.75, 3.05) is 6.61 Å². The molecule has 5 aliphatic rings. The molecule has 1 aromatic rings. The number of carbonyl (C=O) groups excluding carboxylic acids is 2. The highest BCUT2D eigenvalue weighted by Crippen LogP contribution is 2.77. The average Bonchev–Trinajstić information content (AvgIpc) is 3.40. The molecule has 4 unspecified atom stereocenters. The van der Waals surface area contributed by atoms with Gasteiger partial charge in [-0.25, -0.2) is 4.79 Å². The van der Waals surface area contributed by atoms with Crippen LogP contribution in [0, 0.1) is 62.6 Å². The lowest BCUT2D eigenvalue weighted by Gasteiger charge is -2.72. The molecule has 5 heteroatoms. The first-order valence-electron chi connectivity index (χ1n) is 18.3. The van der Waals surface area contributed by atoms with Crippen LogP contribution in [0.25, 0.3) is 0 Å². The van der Waals surface area contributed by atoms with Crippen LogP contribution in [-0.4, -0.2) is 24.8 Å². The molecule has 0 spiro atoms. The van der Waals surface area contributed by atoms with E-state index in [0.29, 0.717) is 48.7 Å². The van der Waals surface area contributed by atoms with Gasteiger partial charge in [0.25, 0.3) is 0 Å². The minimum atomic E-state index is -0.517. The summed E-state index contributed by atoms with van der Waals surface area (Å²) in [6.45, 7) is 19.9. The highest BCUT2D eigenvalue weighted by molar-refractivity contribution is 5.78. The van der Waals surface area contributed by atoms with Crippen LogP contribution in [0.1, 0.15) is 125 Å². The van der Waals surface area contributed by atoms with Gasteiger partial charge in [-0.05, 0) is 128 Å². The van der Waals surface area contributed by atoms with Crippen LogP contribution in [0.15, 0.2) is 30.3 Å². The van der Waals surface area contributed by atoms with Gasteiger partial charge in [-0.3, -0.25) is 4.79 Å². The van der Waals surface area contributed by atoms with Crippen LogP contribution >= 0.6 is 0 Å². The van der Waals surface area contributed by atoms with Crippen molar-refractivity contribution in [3.8, 4) is 0 Å². The standard InChI is InChI=1S/C40H60O5/c1-9-43-35(42)45-32-19-20-37(6)30(36(32,4)5)18-21-39(8)31(37)16-15-29-33-28(26(2)3)17-22-40(33,24-23-38(29,39)7)34(41)44-25-27-13-11-10-12-14-27/h10-14,26,28-33H,9,15-25H2,1-8H3/t28-,29?,30?,31?,32?,33-,37-,38+,39+,40-/m0/s1. The molecule has 0 saturated heterocycles. The molecule has 250 valence electrons. The third-order valence-corrected chi connectivity index (χ3v) is 15.4. The summed E-state index contributed by atoms with van der Waals surface area (Å²) >= 11 is 0. The van der Waals surface area contributed by atoms with Crippen molar-refractivity contribution in [1.29, 1.82) is 0 Å². The quantitative estimate of drug-likeness (QED) is 0.296. The Bertz CT molecular complexity index is 1260. The Hall–Kier alpha value is -2.04. The van der Waals surface area contributed by atoms with Crippen molar-refractivity contribution >= 4 is 12.1 Å². The second-order valence-electron chi connectivity index (χ2n) is 17.5. The molecule has 5 saturated carbocycles. The number of ether oxygens (including phenoxy) is 3. The zero-order valence-electron chi connectivity index (χ0n) is 29.5. The maximum atomic E-state index is 14.3. The third kappa shape index (κ3) is 4.90. The van der Waals surface area contributed by atoms with Crippen LogP contribution in [-0.2, 0) is 25.6 Å². The van der Waals surface area contributed by atoms with E-state index in [2.05, 4.69) is 60.6 Å². The Labute approximate surface area is 272 Å². The number of esters is 1. The number of benzene rings is 1. The summed E-state index contributed by atoms with van der Waals surface area (Å²) < 4.78 is 17.4. The Morgan fingerprint density at radius 2 is 1.53 bits per heavy atom. The van der Waals surface area contributed by atoms with Crippen molar-refractivity contribution < 1.29 is 23.8 Å². The second-order valence-corrected chi connectivity index (χ2v) is 17.5. The summed E-state index contributed by atoms with van der Waals surface area (Å²) in [7, 11) is 0. The lowest BCUT2D eigenvalue weighted by atomic mass is 9.32. The Morgan fingerprint density at radius 3 is 2.22 bits per heavy atom. The van der Waals surface area contributed by atoms with Gasteiger partial charge < -0.3 is 14.2 Å². The summed E-state index contributed by atoms with van der Waals surface area (Å²) in [5.41, 5.74) is 1.24. The first kappa shape index (κ1) is 32.9. The molecular formula is C40H60O5. The molecule has 1 aromatic carbocycles. The first-order valence-corrected chi connectivity index (χ1v) is 18.3. The van der Waals surface area contributed by atoms with Gasteiger partial charge in [0.2, 0.25) is 0 Å². The van der Waals surface area contributed by atoms with Gasteiger partial charge in [-0.15, -0.1) is 0 Å². The summed E-state index contributed by atoms with van der Waals surface area (Å²) in [6, 6.07) is 10.2. The predicted molar refractivity (Wildman–Crippen MR) is 177 cm³/mol. The van der Waals surface area contributed by atoms with E-state index in [1.165, 1.54) is 25.7 Å². The molecular weight excluding hydrogens is 560 g/mol. The summed E-state index contributed by atoms with van der Waals surface area (Å²) in [5.74, 6) is 3.28. The summed E-state index contributed by atoms with van der Waals surface area (Å²) in [4.78, 5) is 26.7. The van der Waals surface area contributed by atoms with Crippen LogP contribution in [0.5, 0.6) is 0 Å². The van der Waals surface area contributed by atoms with Crippen molar-refractivity contribution in [2.24, 2.45) is 62.6 Å². The van der Waals surface area contributed by atoms with Gasteiger partial charge in [0.15, 0.2) is 0 Å². The minimum absolute atomic E-state index is 0.0752. The number of hydrogen-bond donors (Lipinski definition) is 0. The monoisotopic (exact) mass is 620 g/mol. The maximum Gasteiger partial charge on any atom is 0.508 e. The van der Waals surface area contributed by atoms with Crippen molar-refractivity contribution in [2.45, 2.75) is 132 Å². The lowest BCUT2D eigenvalue weighted by Crippen LogP contribution is -2.67. The largest absolute Gasteiger partial charge is 0.508 e. The van der Waals surface area contributed by atoms with Crippen molar-refractivity contribution in [3.63, 3.8) is 0 Å². The molecule has 0 heterocycles. The SMILES string of the molecule is CCOC(=O)OC1CC[C@@]2(C)C(CC[C@]3(C)C2CCC2[C@@H]4[C@H](C(C)C)CC[C@]4(C(=O)OCc4ccccc4)CC[C@]23C)C1(C)C. The van der Waals surface area contributed by atoms with E-state index in [1.807, 2.05) is 25.1 Å². The maximum absolute atomic E-state index is 14.3. The predicted octanol–water partition coefficient (Wildman–Crippen LogP) is 10.0. The van der Waals surface area contributed by atoms with Gasteiger partial charge in [0.05, 0.1) is 12.0 Å². The molecule has 10 atom stereocenters. The number of rotatable bonds is 6. The molecule has 0 N–H and O–H groups in total. The van der Waals surface area contributed by atoms with E-state index in [-0.39, 0.29) is 39.1 Å². The Kier molecular flexibility index (Phi) is 8.46. The van der Waals surface area contributed by atoms with E-state index in [4.69, 9.17) is 14.2 Å². The first-order chi connectivity index (χ1) is 21.2. The molecule has 0 amide bonds. The number of hydrogen-bond acceptors (Lipinski definition) is 5. The van der Waals surface area contributed by atoms with E-state index in [1.54, 1.807) is 0 Å². The molecule has 5 aliphatic carbocycles. The van der Waals surface area contributed by atoms with E-state index < -0.39 is 6.16 Å². The molecule has 0 aromatic heterocycles. The zero-order chi connectivity index (χ0) is 32.4. The average molecular weight is 621 g/mol.